The van der Waals surface area contributed by atoms with Gasteiger partial charge in [0.15, 0.2) is 0 Å². The summed E-state index contributed by atoms with van der Waals surface area (Å²) in [5.41, 5.74) is 2.74. The molecule has 2 nitrogen and oxygen atoms in total. The topological polar surface area (TPSA) is 15.3 Å². The van der Waals surface area contributed by atoms with E-state index in [0.29, 0.717) is 0 Å². The van der Waals surface area contributed by atoms with Crippen LogP contribution in [-0.4, -0.2) is 26.2 Å². The van der Waals surface area contributed by atoms with E-state index in [0.717, 1.165) is 12.6 Å². The summed E-state index contributed by atoms with van der Waals surface area (Å²) < 4.78 is 0. The Hall–Kier alpha value is -1.02. The summed E-state index contributed by atoms with van der Waals surface area (Å²) in [5.74, 6) is 0. The quantitative estimate of drug-likeness (QED) is 0.858. The van der Waals surface area contributed by atoms with Crippen molar-refractivity contribution in [2.75, 3.05) is 25.0 Å². The second-order valence-electron chi connectivity index (χ2n) is 5.07. The average molecular weight is 232 g/mol. The van der Waals surface area contributed by atoms with Crippen LogP contribution in [0.15, 0.2) is 24.3 Å². The zero-order valence-corrected chi connectivity index (χ0v) is 11.1. The number of anilines is 1. The van der Waals surface area contributed by atoms with E-state index in [1.54, 1.807) is 0 Å². The van der Waals surface area contributed by atoms with Crippen molar-refractivity contribution in [1.82, 2.24) is 5.32 Å². The Kier molecular flexibility index (Phi) is 4.43. The standard InChI is InChI=1S/C15H24N2/c1-13-6-8-15(9-7-13)17-12-4-3-5-14(17)10-11-16-2/h6-9,14,16H,3-5,10-12H2,1-2H3. The van der Waals surface area contributed by atoms with E-state index in [9.17, 15) is 0 Å². The molecule has 94 valence electrons. The van der Waals surface area contributed by atoms with E-state index in [1.165, 1.54) is 43.5 Å². The number of hydrogen-bond donors (Lipinski definition) is 1. The zero-order valence-electron chi connectivity index (χ0n) is 11.1. The second-order valence-corrected chi connectivity index (χ2v) is 5.07. The summed E-state index contributed by atoms with van der Waals surface area (Å²) in [5, 5.41) is 3.27. The molecule has 1 unspecified atom stereocenters. The zero-order chi connectivity index (χ0) is 12.1. The van der Waals surface area contributed by atoms with Crippen LogP contribution in [0.25, 0.3) is 0 Å². The fourth-order valence-corrected chi connectivity index (χ4v) is 2.69. The van der Waals surface area contributed by atoms with Crippen molar-refractivity contribution in [3.8, 4) is 0 Å². The highest BCUT2D eigenvalue weighted by atomic mass is 15.2. The predicted octanol–water partition coefficient (Wildman–Crippen LogP) is 2.96. The number of rotatable bonds is 4. The van der Waals surface area contributed by atoms with Crippen LogP contribution in [-0.2, 0) is 0 Å². The molecule has 0 radical (unpaired) electrons. The molecule has 0 spiro atoms. The van der Waals surface area contributed by atoms with E-state index < -0.39 is 0 Å². The van der Waals surface area contributed by atoms with Crippen LogP contribution in [0, 0.1) is 6.92 Å². The number of nitrogens with zero attached hydrogens (tertiary/aromatic N) is 1. The van der Waals surface area contributed by atoms with Crippen LogP contribution in [0.1, 0.15) is 31.2 Å². The molecule has 0 bridgehead atoms. The fraction of sp³-hybridized carbons (Fsp3) is 0.600. The number of aryl methyl sites for hydroxylation is 1. The molecule has 1 aromatic rings. The Morgan fingerprint density at radius 1 is 1.24 bits per heavy atom. The van der Waals surface area contributed by atoms with Crippen LogP contribution in [0.4, 0.5) is 5.69 Å². The molecule has 1 aromatic carbocycles. The van der Waals surface area contributed by atoms with Gasteiger partial charge in [0, 0.05) is 18.3 Å². The minimum Gasteiger partial charge on any atom is -0.369 e. The third-order valence-corrected chi connectivity index (χ3v) is 3.72. The summed E-state index contributed by atoms with van der Waals surface area (Å²) in [6, 6.07) is 9.71. The lowest BCUT2D eigenvalue weighted by Gasteiger charge is -2.37. The summed E-state index contributed by atoms with van der Waals surface area (Å²) in [4.78, 5) is 2.60. The van der Waals surface area contributed by atoms with Gasteiger partial charge in [-0.25, -0.2) is 0 Å². The molecule has 17 heavy (non-hydrogen) atoms. The fourth-order valence-electron chi connectivity index (χ4n) is 2.69. The maximum atomic E-state index is 3.27. The van der Waals surface area contributed by atoms with Crippen molar-refractivity contribution in [2.45, 2.75) is 38.6 Å². The lowest BCUT2D eigenvalue weighted by atomic mass is 9.98. The van der Waals surface area contributed by atoms with Gasteiger partial charge in [-0.3, -0.25) is 0 Å². The summed E-state index contributed by atoms with van der Waals surface area (Å²) in [6.07, 6.45) is 5.32. The van der Waals surface area contributed by atoms with E-state index in [1.807, 2.05) is 7.05 Å². The second kappa shape index (κ2) is 6.06. The molecule has 0 aromatic heterocycles. The Labute approximate surface area is 105 Å². The van der Waals surface area contributed by atoms with Gasteiger partial charge in [-0.1, -0.05) is 17.7 Å². The largest absolute Gasteiger partial charge is 0.369 e. The highest BCUT2D eigenvalue weighted by Crippen LogP contribution is 2.26. The van der Waals surface area contributed by atoms with Gasteiger partial charge in [-0.2, -0.15) is 0 Å². The highest BCUT2D eigenvalue weighted by Gasteiger charge is 2.21. The first-order valence-electron chi connectivity index (χ1n) is 6.79. The highest BCUT2D eigenvalue weighted by molar-refractivity contribution is 5.48. The molecule has 1 saturated heterocycles. The average Bonchev–Trinajstić information content (AvgIpc) is 2.38. The van der Waals surface area contributed by atoms with Crippen LogP contribution >= 0.6 is 0 Å². The van der Waals surface area contributed by atoms with E-state index in [-0.39, 0.29) is 0 Å². The van der Waals surface area contributed by atoms with Gasteiger partial charge in [0.05, 0.1) is 0 Å². The van der Waals surface area contributed by atoms with Crippen LogP contribution < -0.4 is 10.2 Å². The number of hydrogen-bond acceptors (Lipinski definition) is 2. The minimum absolute atomic E-state index is 0.721. The maximum Gasteiger partial charge on any atom is 0.0368 e. The van der Waals surface area contributed by atoms with Crippen molar-refractivity contribution < 1.29 is 0 Å². The van der Waals surface area contributed by atoms with Crippen molar-refractivity contribution in [3.63, 3.8) is 0 Å². The Bertz CT molecular complexity index is 331. The molecule has 2 heteroatoms. The normalized spacial score (nSPS) is 20.6. The van der Waals surface area contributed by atoms with Gasteiger partial charge in [-0.15, -0.1) is 0 Å². The molecule has 1 N–H and O–H groups in total. The molecular weight excluding hydrogens is 208 g/mol. The van der Waals surface area contributed by atoms with E-state index >= 15 is 0 Å². The third-order valence-electron chi connectivity index (χ3n) is 3.72. The molecule has 2 rings (SSSR count). The van der Waals surface area contributed by atoms with Crippen molar-refractivity contribution >= 4 is 5.69 Å². The summed E-state index contributed by atoms with van der Waals surface area (Å²) in [7, 11) is 2.04. The molecule has 0 amide bonds. The Balaban J connectivity index is 2.07. The third kappa shape index (κ3) is 3.22. The van der Waals surface area contributed by atoms with Crippen LogP contribution in [0.5, 0.6) is 0 Å². The van der Waals surface area contributed by atoms with E-state index in [4.69, 9.17) is 0 Å². The van der Waals surface area contributed by atoms with Gasteiger partial charge >= 0.3 is 0 Å². The smallest absolute Gasteiger partial charge is 0.0368 e. The maximum absolute atomic E-state index is 3.27. The summed E-state index contributed by atoms with van der Waals surface area (Å²) in [6.45, 7) is 4.49. The Morgan fingerprint density at radius 3 is 2.71 bits per heavy atom. The SMILES string of the molecule is CNCCC1CCCCN1c1ccc(C)cc1. The first-order chi connectivity index (χ1) is 8.31. The van der Waals surface area contributed by atoms with Gasteiger partial charge in [0.1, 0.15) is 0 Å². The molecule has 1 aliphatic heterocycles. The summed E-state index contributed by atoms with van der Waals surface area (Å²) >= 11 is 0. The van der Waals surface area contributed by atoms with Crippen molar-refractivity contribution in [1.29, 1.82) is 0 Å². The predicted molar refractivity (Wildman–Crippen MR) is 74.7 cm³/mol. The minimum atomic E-state index is 0.721. The molecule has 0 aliphatic carbocycles. The number of piperidine rings is 1. The van der Waals surface area contributed by atoms with Crippen molar-refractivity contribution in [3.05, 3.63) is 29.8 Å². The van der Waals surface area contributed by atoms with Gasteiger partial charge in [0.25, 0.3) is 0 Å². The first kappa shape index (κ1) is 12.4. The lowest BCUT2D eigenvalue weighted by molar-refractivity contribution is 0.433. The van der Waals surface area contributed by atoms with Crippen LogP contribution in [0.3, 0.4) is 0 Å². The van der Waals surface area contributed by atoms with E-state index in [2.05, 4.69) is 41.4 Å². The van der Waals surface area contributed by atoms with Gasteiger partial charge in [0.2, 0.25) is 0 Å². The number of benzene rings is 1. The molecule has 1 heterocycles. The van der Waals surface area contributed by atoms with Crippen molar-refractivity contribution in [2.24, 2.45) is 0 Å². The number of nitrogens with one attached hydrogen (secondary N) is 1. The van der Waals surface area contributed by atoms with Gasteiger partial charge in [-0.05, 0) is 58.3 Å². The molecule has 1 aliphatic rings. The molecule has 1 atom stereocenters. The Morgan fingerprint density at radius 2 is 2.00 bits per heavy atom. The molecule has 0 saturated carbocycles. The van der Waals surface area contributed by atoms with Crippen LogP contribution in [0.2, 0.25) is 0 Å². The molecule has 1 fully saturated rings. The monoisotopic (exact) mass is 232 g/mol. The lowest BCUT2D eigenvalue weighted by Crippen LogP contribution is -2.41. The first-order valence-corrected chi connectivity index (χ1v) is 6.79. The molecular formula is C15H24N2. The van der Waals surface area contributed by atoms with Gasteiger partial charge < -0.3 is 10.2 Å².